The average molecular weight is 543 g/mol. The quantitative estimate of drug-likeness (QED) is 0.247. The summed E-state index contributed by atoms with van der Waals surface area (Å²) in [6, 6.07) is 14.7. The number of imidazole rings is 1. The number of rotatable bonds is 10. The Morgan fingerprint density at radius 1 is 1.05 bits per heavy atom. The van der Waals surface area contributed by atoms with E-state index in [2.05, 4.69) is 32.6 Å². The first kappa shape index (κ1) is 25.4. The Morgan fingerprint density at radius 3 is 2.58 bits per heavy atom. The molecule has 0 aliphatic heterocycles. The van der Waals surface area contributed by atoms with Crippen molar-refractivity contribution < 1.29 is 23.5 Å². The maximum atomic E-state index is 15.0. The molecule has 2 saturated carbocycles. The molecule has 6 rings (SSSR count). The molecule has 2 amide bonds. The summed E-state index contributed by atoms with van der Waals surface area (Å²) in [6.07, 6.45) is 4.63. The number of carbonyl (C=O) groups is 2. The predicted octanol–water partition coefficient (Wildman–Crippen LogP) is 5.36. The smallest absolute Gasteiger partial charge is 0.237 e. The minimum absolute atomic E-state index is 0.0257. The van der Waals surface area contributed by atoms with Crippen molar-refractivity contribution in [1.82, 2.24) is 14.6 Å². The van der Waals surface area contributed by atoms with Crippen molar-refractivity contribution in [3.63, 3.8) is 0 Å². The molecule has 2 fully saturated rings. The van der Waals surface area contributed by atoms with Crippen LogP contribution in [0.1, 0.15) is 25.7 Å². The van der Waals surface area contributed by atoms with Gasteiger partial charge < -0.3 is 25.4 Å². The number of carbonyl (C=O) groups excluding carboxylic acids is 2. The first-order valence-corrected chi connectivity index (χ1v) is 12.9. The number of nitrogens with one attached hydrogen (secondary N) is 3. The molecule has 0 unspecified atom stereocenters. The Kier molecular flexibility index (Phi) is 6.33. The van der Waals surface area contributed by atoms with E-state index in [1.54, 1.807) is 55.8 Å². The van der Waals surface area contributed by atoms with E-state index in [1.807, 2.05) is 0 Å². The van der Waals surface area contributed by atoms with Crippen molar-refractivity contribution in [1.29, 1.82) is 0 Å². The zero-order valence-electron chi connectivity index (χ0n) is 21.7. The normalized spacial score (nSPS) is 15.2. The first-order chi connectivity index (χ1) is 19.3. The number of aromatic nitrogens is 3. The lowest BCUT2D eigenvalue weighted by Crippen LogP contribution is -2.28. The fourth-order valence-electron chi connectivity index (χ4n) is 4.36. The molecular formula is C29H27FN6O4. The predicted molar refractivity (Wildman–Crippen MR) is 147 cm³/mol. The Morgan fingerprint density at radius 2 is 1.85 bits per heavy atom. The summed E-state index contributed by atoms with van der Waals surface area (Å²) in [5.74, 6) is 0.364. The number of nitrogens with zero attached hydrogens (tertiary/aromatic N) is 3. The highest BCUT2D eigenvalue weighted by molar-refractivity contribution is 6.00. The third kappa shape index (κ3) is 5.18. The maximum absolute atomic E-state index is 15.0. The summed E-state index contributed by atoms with van der Waals surface area (Å²) in [4.78, 5) is 29.4. The standard InChI is InChI=1S/C29H27FN6O4/c1-17(29(12-13-29)28(38)32-19-4-3-5-21(14-19)39-2)31-20-8-9-23(22(30)15-20)40-26-11-10-25-33-24(16-36(25)35-26)34-27(37)18-6-7-18/h3-5,8-11,14-16,18,31H,1,6-7,12-13H2,2H3,(H,32,38)(H,34,37). The second-order valence-electron chi connectivity index (χ2n) is 9.98. The van der Waals surface area contributed by atoms with Gasteiger partial charge in [0.2, 0.25) is 17.7 Å². The fourth-order valence-corrected chi connectivity index (χ4v) is 4.36. The zero-order chi connectivity index (χ0) is 27.9. The molecule has 0 radical (unpaired) electrons. The van der Waals surface area contributed by atoms with Crippen LogP contribution >= 0.6 is 0 Å². The Hall–Kier alpha value is -4.93. The average Bonchev–Trinajstić information content (AvgIpc) is 3.87. The topological polar surface area (TPSA) is 119 Å². The van der Waals surface area contributed by atoms with Crippen LogP contribution < -0.4 is 25.4 Å². The van der Waals surface area contributed by atoms with Gasteiger partial charge in [0.25, 0.3) is 0 Å². The van der Waals surface area contributed by atoms with Crippen molar-refractivity contribution in [3.8, 4) is 17.4 Å². The van der Waals surface area contributed by atoms with Crippen molar-refractivity contribution in [2.24, 2.45) is 11.3 Å². The van der Waals surface area contributed by atoms with Gasteiger partial charge in [0.1, 0.15) is 5.75 Å². The maximum Gasteiger partial charge on any atom is 0.237 e. The lowest BCUT2D eigenvalue weighted by Gasteiger charge is -2.20. The van der Waals surface area contributed by atoms with E-state index < -0.39 is 11.2 Å². The molecular weight excluding hydrogens is 515 g/mol. The minimum atomic E-state index is -0.782. The molecule has 2 aromatic carbocycles. The van der Waals surface area contributed by atoms with Gasteiger partial charge in [0.05, 0.1) is 18.7 Å². The molecule has 0 spiro atoms. The van der Waals surface area contributed by atoms with E-state index in [0.717, 1.165) is 12.8 Å². The highest BCUT2D eigenvalue weighted by Gasteiger charge is 2.52. The molecule has 2 aromatic heterocycles. The van der Waals surface area contributed by atoms with Crippen molar-refractivity contribution in [2.45, 2.75) is 25.7 Å². The van der Waals surface area contributed by atoms with Crippen molar-refractivity contribution in [2.75, 3.05) is 23.1 Å². The largest absolute Gasteiger partial charge is 0.497 e. The first-order valence-electron chi connectivity index (χ1n) is 12.9. The monoisotopic (exact) mass is 542 g/mol. The molecule has 4 aromatic rings. The minimum Gasteiger partial charge on any atom is -0.497 e. The third-order valence-electron chi connectivity index (χ3n) is 7.03. The van der Waals surface area contributed by atoms with E-state index in [0.29, 0.717) is 47.1 Å². The van der Waals surface area contributed by atoms with Crippen LogP contribution in [0.25, 0.3) is 5.65 Å². The van der Waals surface area contributed by atoms with Crippen molar-refractivity contribution in [3.05, 3.63) is 78.9 Å². The molecule has 0 atom stereocenters. The summed E-state index contributed by atoms with van der Waals surface area (Å²) in [6.45, 7) is 4.07. The third-order valence-corrected chi connectivity index (χ3v) is 7.03. The number of hydrogen-bond donors (Lipinski definition) is 3. The Labute approximate surface area is 229 Å². The van der Waals surface area contributed by atoms with E-state index in [-0.39, 0.29) is 29.4 Å². The van der Waals surface area contributed by atoms with E-state index in [1.165, 1.54) is 16.6 Å². The summed E-state index contributed by atoms with van der Waals surface area (Å²) >= 11 is 0. The summed E-state index contributed by atoms with van der Waals surface area (Å²) in [5.41, 5.74) is 1.27. The molecule has 2 heterocycles. The van der Waals surface area contributed by atoms with E-state index in [4.69, 9.17) is 9.47 Å². The van der Waals surface area contributed by atoms with Gasteiger partial charge in [-0.25, -0.2) is 13.9 Å². The Balaban J connectivity index is 1.10. The number of benzene rings is 2. The Bertz CT molecular complexity index is 1640. The zero-order valence-corrected chi connectivity index (χ0v) is 21.7. The number of methoxy groups -OCH3 is 1. The summed E-state index contributed by atoms with van der Waals surface area (Å²) < 4.78 is 27.3. The SMILES string of the molecule is C=C(Nc1ccc(Oc2ccc3nc(NC(=O)C4CC4)cn3n2)c(F)c1)C1(C(=O)Nc2cccc(OC)c2)CC1. The van der Waals surface area contributed by atoms with Crippen LogP contribution in [0.4, 0.5) is 21.6 Å². The number of ether oxygens (including phenoxy) is 2. The molecule has 2 aliphatic carbocycles. The molecule has 2 aliphatic rings. The van der Waals surface area contributed by atoms with Crippen LogP contribution in [-0.2, 0) is 9.59 Å². The van der Waals surface area contributed by atoms with Gasteiger partial charge in [0, 0.05) is 41.2 Å². The lowest BCUT2D eigenvalue weighted by molar-refractivity contribution is -0.120. The van der Waals surface area contributed by atoms with Crippen LogP contribution in [0.5, 0.6) is 17.4 Å². The van der Waals surface area contributed by atoms with Gasteiger partial charge in [0.15, 0.2) is 23.0 Å². The number of halogens is 1. The van der Waals surface area contributed by atoms with Gasteiger partial charge in [-0.05, 0) is 56.0 Å². The molecule has 10 nitrogen and oxygen atoms in total. The summed E-state index contributed by atoms with van der Waals surface area (Å²) in [7, 11) is 1.56. The molecule has 11 heteroatoms. The van der Waals surface area contributed by atoms with Crippen LogP contribution in [-0.4, -0.2) is 33.5 Å². The van der Waals surface area contributed by atoms with Crippen molar-refractivity contribution >= 4 is 34.7 Å². The molecule has 40 heavy (non-hydrogen) atoms. The van der Waals surface area contributed by atoms with Gasteiger partial charge >= 0.3 is 0 Å². The second-order valence-corrected chi connectivity index (χ2v) is 9.98. The van der Waals surface area contributed by atoms with E-state index >= 15 is 0 Å². The van der Waals surface area contributed by atoms with E-state index in [9.17, 15) is 14.0 Å². The molecule has 0 bridgehead atoms. The van der Waals surface area contributed by atoms with Crippen LogP contribution in [0.15, 0.2) is 73.1 Å². The number of amides is 2. The van der Waals surface area contributed by atoms with Gasteiger partial charge in [-0.2, -0.15) is 0 Å². The lowest BCUT2D eigenvalue weighted by atomic mass is 10.0. The number of anilines is 3. The molecule has 0 saturated heterocycles. The second kappa shape index (κ2) is 9.99. The highest BCUT2D eigenvalue weighted by atomic mass is 19.1. The van der Waals surface area contributed by atoms with Crippen LogP contribution in [0.2, 0.25) is 0 Å². The molecule has 204 valence electrons. The highest BCUT2D eigenvalue weighted by Crippen LogP contribution is 2.52. The van der Waals surface area contributed by atoms with Gasteiger partial charge in [-0.1, -0.05) is 12.6 Å². The van der Waals surface area contributed by atoms with Crippen LogP contribution in [0.3, 0.4) is 0 Å². The number of hydrogen-bond acceptors (Lipinski definition) is 7. The summed E-state index contributed by atoms with van der Waals surface area (Å²) in [5, 5.41) is 13.1. The van der Waals surface area contributed by atoms with Crippen LogP contribution in [0, 0.1) is 17.2 Å². The number of fused-ring (bicyclic) bond motifs is 1. The molecule has 3 N–H and O–H groups in total. The van der Waals surface area contributed by atoms with Gasteiger partial charge in [-0.3, -0.25) is 9.59 Å². The van der Waals surface area contributed by atoms with Gasteiger partial charge in [-0.15, -0.1) is 5.10 Å². The fraction of sp³-hybridized carbons (Fsp3) is 0.241.